The predicted octanol–water partition coefficient (Wildman–Crippen LogP) is 3.84. The molecule has 0 radical (unpaired) electrons. The standard InChI is InChI=1S/C25H28N4O3/c1-18(29(2)17-15-20-8-6-7-16-26-20)24(30)27-21-13-11-19(12-14-21)25(31)28-22-9-4-5-10-23(22)32-3/h4-14,16,18H,15,17H2,1-3H3,(H,27,30)(H,28,31). The zero-order valence-corrected chi connectivity index (χ0v) is 18.5. The number of carbonyl (C=O) groups excluding carboxylic acids is 2. The van der Waals surface area contributed by atoms with E-state index in [1.54, 1.807) is 49.7 Å². The number of likely N-dealkylation sites (N-methyl/N-ethyl adjacent to an activating group) is 1. The monoisotopic (exact) mass is 432 g/mol. The number of aromatic nitrogens is 1. The van der Waals surface area contributed by atoms with Gasteiger partial charge < -0.3 is 15.4 Å². The molecule has 2 amide bonds. The van der Waals surface area contributed by atoms with Crippen LogP contribution in [0.15, 0.2) is 72.9 Å². The maximum absolute atomic E-state index is 12.6. The summed E-state index contributed by atoms with van der Waals surface area (Å²) in [5.74, 6) is 0.223. The Morgan fingerprint density at radius 2 is 1.72 bits per heavy atom. The van der Waals surface area contributed by atoms with Crippen molar-refractivity contribution < 1.29 is 14.3 Å². The third kappa shape index (κ3) is 6.15. The zero-order valence-electron chi connectivity index (χ0n) is 18.5. The van der Waals surface area contributed by atoms with Crippen LogP contribution in [0.4, 0.5) is 11.4 Å². The predicted molar refractivity (Wildman–Crippen MR) is 126 cm³/mol. The largest absolute Gasteiger partial charge is 0.495 e. The van der Waals surface area contributed by atoms with E-state index in [2.05, 4.69) is 15.6 Å². The summed E-state index contributed by atoms with van der Waals surface area (Å²) in [5.41, 5.74) is 2.71. The minimum atomic E-state index is -0.313. The Morgan fingerprint density at radius 3 is 2.41 bits per heavy atom. The third-order valence-corrected chi connectivity index (χ3v) is 5.26. The number of carbonyl (C=O) groups is 2. The highest BCUT2D eigenvalue weighted by atomic mass is 16.5. The van der Waals surface area contributed by atoms with Crippen molar-refractivity contribution in [3.05, 3.63) is 84.2 Å². The average molecular weight is 433 g/mol. The van der Waals surface area contributed by atoms with Crippen molar-refractivity contribution in [2.24, 2.45) is 0 Å². The molecule has 1 unspecified atom stereocenters. The molecule has 0 aliphatic carbocycles. The third-order valence-electron chi connectivity index (χ3n) is 5.26. The van der Waals surface area contributed by atoms with Crippen molar-refractivity contribution in [2.75, 3.05) is 31.3 Å². The highest BCUT2D eigenvalue weighted by Crippen LogP contribution is 2.24. The van der Waals surface area contributed by atoms with E-state index in [-0.39, 0.29) is 17.9 Å². The van der Waals surface area contributed by atoms with Crippen molar-refractivity contribution in [2.45, 2.75) is 19.4 Å². The first-order valence-corrected chi connectivity index (χ1v) is 10.4. The van der Waals surface area contributed by atoms with Crippen molar-refractivity contribution in [1.82, 2.24) is 9.88 Å². The van der Waals surface area contributed by atoms with Gasteiger partial charge in [-0.05, 0) is 62.5 Å². The second-order valence-corrected chi connectivity index (χ2v) is 7.45. The Morgan fingerprint density at radius 1 is 1.00 bits per heavy atom. The summed E-state index contributed by atoms with van der Waals surface area (Å²) in [6.07, 6.45) is 2.54. The summed E-state index contributed by atoms with van der Waals surface area (Å²) in [7, 11) is 3.47. The molecule has 0 aliphatic rings. The number of anilines is 2. The van der Waals surface area contributed by atoms with Gasteiger partial charge in [0.25, 0.3) is 5.91 Å². The molecule has 0 saturated heterocycles. The van der Waals surface area contributed by atoms with Gasteiger partial charge >= 0.3 is 0 Å². The number of rotatable bonds is 9. The van der Waals surface area contributed by atoms with Crippen LogP contribution >= 0.6 is 0 Å². The maximum atomic E-state index is 12.6. The molecule has 2 N–H and O–H groups in total. The number of hydrogen-bond donors (Lipinski definition) is 2. The van der Waals surface area contributed by atoms with Crippen LogP contribution < -0.4 is 15.4 Å². The van der Waals surface area contributed by atoms with Gasteiger partial charge in [0.15, 0.2) is 0 Å². The lowest BCUT2D eigenvalue weighted by atomic mass is 10.1. The van der Waals surface area contributed by atoms with E-state index in [1.165, 1.54) is 0 Å². The van der Waals surface area contributed by atoms with Gasteiger partial charge in [0, 0.05) is 36.1 Å². The molecule has 3 aromatic rings. The first kappa shape index (κ1) is 23.0. The molecule has 0 bridgehead atoms. The Kier molecular flexibility index (Phi) is 7.94. The van der Waals surface area contributed by atoms with Gasteiger partial charge in [0.2, 0.25) is 5.91 Å². The molecule has 0 aliphatic heterocycles. The molecule has 1 aromatic heterocycles. The SMILES string of the molecule is COc1ccccc1NC(=O)c1ccc(NC(=O)C(C)N(C)CCc2ccccn2)cc1. The highest BCUT2D eigenvalue weighted by Gasteiger charge is 2.18. The zero-order chi connectivity index (χ0) is 22.9. The van der Waals surface area contributed by atoms with E-state index < -0.39 is 0 Å². The van der Waals surface area contributed by atoms with E-state index in [9.17, 15) is 9.59 Å². The Labute approximate surface area is 188 Å². The van der Waals surface area contributed by atoms with E-state index in [0.717, 1.165) is 12.1 Å². The van der Waals surface area contributed by atoms with Crippen molar-refractivity contribution in [1.29, 1.82) is 0 Å². The Balaban J connectivity index is 1.53. The van der Waals surface area contributed by atoms with Crippen LogP contribution in [-0.2, 0) is 11.2 Å². The Hall–Kier alpha value is -3.71. The number of benzene rings is 2. The van der Waals surface area contributed by atoms with Crippen LogP contribution in [0.25, 0.3) is 0 Å². The topological polar surface area (TPSA) is 83.6 Å². The number of methoxy groups -OCH3 is 1. The molecular formula is C25H28N4O3. The van der Waals surface area contributed by atoms with E-state index in [4.69, 9.17) is 4.74 Å². The molecule has 2 aromatic carbocycles. The van der Waals surface area contributed by atoms with E-state index >= 15 is 0 Å². The van der Waals surface area contributed by atoms with Gasteiger partial charge in [-0.2, -0.15) is 0 Å². The van der Waals surface area contributed by atoms with Gasteiger partial charge in [0.05, 0.1) is 18.8 Å². The van der Waals surface area contributed by atoms with Crippen LogP contribution in [0.2, 0.25) is 0 Å². The second kappa shape index (κ2) is 11.1. The lowest BCUT2D eigenvalue weighted by molar-refractivity contribution is -0.120. The number of pyridine rings is 1. The molecule has 3 rings (SSSR count). The molecule has 7 nitrogen and oxygen atoms in total. The number of nitrogens with zero attached hydrogens (tertiary/aromatic N) is 2. The van der Waals surface area contributed by atoms with Gasteiger partial charge in [-0.25, -0.2) is 0 Å². The minimum absolute atomic E-state index is 0.111. The summed E-state index contributed by atoms with van der Waals surface area (Å²) in [4.78, 5) is 31.5. The number of ether oxygens (including phenoxy) is 1. The summed E-state index contributed by atoms with van der Waals surface area (Å²) >= 11 is 0. The lowest BCUT2D eigenvalue weighted by Crippen LogP contribution is -2.40. The van der Waals surface area contributed by atoms with Crippen LogP contribution in [0.1, 0.15) is 23.0 Å². The van der Waals surface area contributed by atoms with Crippen LogP contribution in [0.3, 0.4) is 0 Å². The minimum Gasteiger partial charge on any atom is -0.495 e. The fraction of sp³-hybridized carbons (Fsp3) is 0.240. The molecule has 0 fully saturated rings. The van der Waals surface area contributed by atoms with Gasteiger partial charge in [-0.15, -0.1) is 0 Å². The number of nitrogens with one attached hydrogen (secondary N) is 2. The fourth-order valence-corrected chi connectivity index (χ4v) is 3.12. The molecule has 7 heteroatoms. The van der Waals surface area contributed by atoms with Gasteiger partial charge in [-0.3, -0.25) is 19.5 Å². The summed E-state index contributed by atoms with van der Waals surface area (Å²) < 4.78 is 5.26. The van der Waals surface area contributed by atoms with Crippen molar-refractivity contribution in [3.63, 3.8) is 0 Å². The summed E-state index contributed by atoms with van der Waals surface area (Å²) in [6.45, 7) is 2.58. The fourth-order valence-electron chi connectivity index (χ4n) is 3.12. The molecular weight excluding hydrogens is 404 g/mol. The van der Waals surface area contributed by atoms with Crippen LogP contribution in [0, 0.1) is 0 Å². The smallest absolute Gasteiger partial charge is 0.255 e. The quantitative estimate of drug-likeness (QED) is 0.537. The lowest BCUT2D eigenvalue weighted by Gasteiger charge is -2.23. The van der Waals surface area contributed by atoms with Crippen molar-refractivity contribution >= 4 is 23.2 Å². The number of para-hydroxylation sites is 2. The number of amides is 2. The summed E-state index contributed by atoms with van der Waals surface area (Å²) in [6, 6.07) is 19.5. The first-order valence-electron chi connectivity index (χ1n) is 10.4. The van der Waals surface area contributed by atoms with E-state index in [1.807, 2.05) is 49.2 Å². The molecule has 32 heavy (non-hydrogen) atoms. The molecule has 0 saturated carbocycles. The molecule has 1 atom stereocenters. The van der Waals surface area contributed by atoms with Gasteiger partial charge in [-0.1, -0.05) is 18.2 Å². The number of hydrogen-bond acceptors (Lipinski definition) is 5. The van der Waals surface area contributed by atoms with Crippen LogP contribution in [-0.4, -0.2) is 48.4 Å². The Bertz CT molecular complexity index is 1040. The van der Waals surface area contributed by atoms with Gasteiger partial charge in [0.1, 0.15) is 5.75 Å². The average Bonchev–Trinajstić information content (AvgIpc) is 2.83. The van der Waals surface area contributed by atoms with Crippen LogP contribution in [0.5, 0.6) is 5.75 Å². The summed E-state index contributed by atoms with van der Waals surface area (Å²) in [5, 5.41) is 5.74. The molecule has 1 heterocycles. The maximum Gasteiger partial charge on any atom is 0.255 e. The van der Waals surface area contributed by atoms with Crippen molar-refractivity contribution in [3.8, 4) is 5.75 Å². The normalized spacial score (nSPS) is 11.6. The van der Waals surface area contributed by atoms with E-state index in [0.29, 0.717) is 29.2 Å². The molecule has 166 valence electrons. The second-order valence-electron chi connectivity index (χ2n) is 7.45. The molecule has 0 spiro atoms. The first-order chi connectivity index (χ1) is 15.5. The highest BCUT2D eigenvalue weighted by molar-refractivity contribution is 6.05.